The van der Waals surface area contributed by atoms with Crippen molar-refractivity contribution in [3.63, 3.8) is 0 Å². The number of benzene rings is 3. The summed E-state index contributed by atoms with van der Waals surface area (Å²) in [4.78, 5) is 19.1. The lowest BCUT2D eigenvalue weighted by atomic mass is 10.0. The molecule has 3 aromatic rings. The largest absolute Gasteiger partial charge is 0.478 e. The standard InChI is InChI=1S/C19H18FN.C4H4O4/c20-18-10-9-16-7-4-8-17(19(16)13-18)11-12-21-14-15-5-2-1-3-6-15;5-3(6)1-2-4(7)8/h1-10,13,21H,11-12,14H2;1-2H,(H,5,6)(H,7,8)/b;2-1+. The third-order valence-electron chi connectivity index (χ3n) is 4.05. The molecule has 0 saturated carbocycles. The fraction of sp³-hybridized carbons (Fsp3) is 0.130. The molecule has 0 unspecified atom stereocenters. The van der Waals surface area contributed by atoms with E-state index in [1.165, 1.54) is 17.2 Å². The van der Waals surface area contributed by atoms with Crippen LogP contribution in [0, 0.1) is 5.82 Å². The molecule has 5 nitrogen and oxygen atoms in total. The van der Waals surface area contributed by atoms with Gasteiger partial charge in [0.2, 0.25) is 0 Å². The summed E-state index contributed by atoms with van der Waals surface area (Å²) in [7, 11) is 0. The quantitative estimate of drug-likeness (QED) is 0.415. The first kappa shape index (κ1) is 21.8. The third-order valence-corrected chi connectivity index (χ3v) is 4.05. The molecule has 0 aliphatic carbocycles. The van der Waals surface area contributed by atoms with Crippen molar-refractivity contribution in [2.75, 3.05) is 6.54 Å². The number of rotatable bonds is 7. The molecule has 0 aliphatic heterocycles. The van der Waals surface area contributed by atoms with Crippen molar-refractivity contribution in [1.82, 2.24) is 5.32 Å². The van der Waals surface area contributed by atoms with E-state index in [-0.39, 0.29) is 5.82 Å². The fourth-order valence-corrected chi connectivity index (χ4v) is 2.72. The van der Waals surface area contributed by atoms with Crippen LogP contribution in [-0.2, 0) is 22.6 Å². The van der Waals surface area contributed by atoms with Crippen molar-refractivity contribution >= 4 is 22.7 Å². The maximum atomic E-state index is 13.4. The van der Waals surface area contributed by atoms with Crippen LogP contribution in [0.1, 0.15) is 11.1 Å². The molecule has 3 aromatic carbocycles. The van der Waals surface area contributed by atoms with Crippen LogP contribution < -0.4 is 5.32 Å². The summed E-state index contributed by atoms with van der Waals surface area (Å²) >= 11 is 0. The number of nitrogens with one attached hydrogen (secondary N) is 1. The summed E-state index contributed by atoms with van der Waals surface area (Å²) in [5.74, 6) is -2.69. The SMILES string of the molecule is Fc1ccc2cccc(CCNCc3ccccc3)c2c1.O=C(O)/C=C/C(=O)O. The zero-order valence-corrected chi connectivity index (χ0v) is 15.7. The van der Waals surface area contributed by atoms with Crippen LogP contribution in [0.4, 0.5) is 4.39 Å². The highest BCUT2D eigenvalue weighted by molar-refractivity contribution is 5.89. The zero-order chi connectivity index (χ0) is 21.1. The van der Waals surface area contributed by atoms with Gasteiger partial charge in [0.15, 0.2) is 0 Å². The maximum absolute atomic E-state index is 13.4. The number of carbonyl (C=O) groups is 2. The van der Waals surface area contributed by atoms with Gasteiger partial charge in [-0.1, -0.05) is 54.6 Å². The molecule has 0 aliphatic rings. The second-order valence-corrected chi connectivity index (χ2v) is 6.20. The third kappa shape index (κ3) is 7.94. The summed E-state index contributed by atoms with van der Waals surface area (Å²) < 4.78 is 13.4. The van der Waals surface area contributed by atoms with Crippen LogP contribution in [0.2, 0.25) is 0 Å². The Bertz CT molecular complexity index is 971. The van der Waals surface area contributed by atoms with Crippen LogP contribution in [-0.4, -0.2) is 28.7 Å². The van der Waals surface area contributed by atoms with E-state index in [2.05, 4.69) is 23.5 Å². The number of hydrogen-bond donors (Lipinski definition) is 3. The minimum Gasteiger partial charge on any atom is -0.478 e. The van der Waals surface area contributed by atoms with Gasteiger partial charge in [-0.3, -0.25) is 0 Å². The molecule has 0 atom stereocenters. The molecular formula is C23H22FNO4. The van der Waals surface area contributed by atoms with Crippen molar-refractivity contribution in [1.29, 1.82) is 0 Å². The maximum Gasteiger partial charge on any atom is 0.328 e. The van der Waals surface area contributed by atoms with Gasteiger partial charge in [-0.2, -0.15) is 0 Å². The van der Waals surface area contributed by atoms with Crippen LogP contribution >= 0.6 is 0 Å². The number of halogens is 1. The second-order valence-electron chi connectivity index (χ2n) is 6.20. The van der Waals surface area contributed by atoms with E-state index in [1.54, 1.807) is 6.07 Å². The van der Waals surface area contributed by atoms with Crippen LogP contribution in [0.25, 0.3) is 10.8 Å². The molecule has 3 rings (SSSR count). The number of hydrogen-bond acceptors (Lipinski definition) is 3. The Labute approximate surface area is 168 Å². The molecule has 0 amide bonds. The Balaban J connectivity index is 0.000000321. The number of fused-ring (bicyclic) bond motifs is 1. The van der Waals surface area contributed by atoms with Crippen molar-refractivity contribution in [3.8, 4) is 0 Å². The average Bonchev–Trinajstić information content (AvgIpc) is 2.71. The molecule has 0 aromatic heterocycles. The van der Waals surface area contributed by atoms with Crippen molar-refractivity contribution in [2.24, 2.45) is 0 Å². The topological polar surface area (TPSA) is 86.6 Å². The lowest BCUT2D eigenvalue weighted by Crippen LogP contribution is -2.16. The smallest absolute Gasteiger partial charge is 0.328 e. The van der Waals surface area contributed by atoms with Gasteiger partial charge in [-0.25, -0.2) is 14.0 Å². The Morgan fingerprint density at radius 3 is 2.24 bits per heavy atom. The molecule has 3 N–H and O–H groups in total. The van der Waals surface area contributed by atoms with E-state index < -0.39 is 11.9 Å². The van der Waals surface area contributed by atoms with Crippen LogP contribution in [0.15, 0.2) is 78.9 Å². The van der Waals surface area contributed by atoms with Gasteiger partial charge < -0.3 is 15.5 Å². The van der Waals surface area contributed by atoms with E-state index in [9.17, 15) is 14.0 Å². The van der Waals surface area contributed by atoms with Gasteiger partial charge in [0.1, 0.15) is 5.82 Å². The molecule has 150 valence electrons. The minimum atomic E-state index is -1.26. The summed E-state index contributed by atoms with van der Waals surface area (Å²) in [6.07, 6.45) is 2.01. The summed E-state index contributed by atoms with van der Waals surface area (Å²) in [5, 5.41) is 21.2. The average molecular weight is 395 g/mol. The first-order valence-electron chi connectivity index (χ1n) is 9.01. The second kappa shape index (κ2) is 11.4. The fourth-order valence-electron chi connectivity index (χ4n) is 2.72. The van der Waals surface area contributed by atoms with E-state index in [0.29, 0.717) is 12.2 Å². The highest BCUT2D eigenvalue weighted by atomic mass is 19.1. The number of carboxylic acids is 2. The number of aliphatic carboxylic acids is 2. The van der Waals surface area contributed by atoms with Crippen LogP contribution in [0.3, 0.4) is 0 Å². The van der Waals surface area contributed by atoms with E-state index >= 15 is 0 Å². The Kier molecular flexibility index (Phi) is 8.53. The molecule has 0 spiro atoms. The van der Waals surface area contributed by atoms with Gasteiger partial charge in [-0.05, 0) is 47.0 Å². The summed E-state index contributed by atoms with van der Waals surface area (Å²) in [5.41, 5.74) is 2.47. The predicted octanol–water partition coefficient (Wildman–Crippen LogP) is 4.02. The van der Waals surface area contributed by atoms with Gasteiger partial charge in [0, 0.05) is 18.7 Å². The molecule has 6 heteroatoms. The minimum absolute atomic E-state index is 0.174. The summed E-state index contributed by atoms with van der Waals surface area (Å²) in [6.45, 7) is 1.74. The van der Waals surface area contributed by atoms with Crippen molar-refractivity contribution < 1.29 is 24.2 Å². The van der Waals surface area contributed by atoms with Crippen LogP contribution in [0.5, 0.6) is 0 Å². The van der Waals surface area contributed by atoms with Crippen molar-refractivity contribution in [3.05, 3.63) is 95.8 Å². The highest BCUT2D eigenvalue weighted by Gasteiger charge is 2.02. The van der Waals surface area contributed by atoms with E-state index in [1.807, 2.05) is 36.4 Å². The Morgan fingerprint density at radius 2 is 1.59 bits per heavy atom. The van der Waals surface area contributed by atoms with Gasteiger partial charge >= 0.3 is 11.9 Å². The Morgan fingerprint density at radius 1 is 0.897 bits per heavy atom. The first-order valence-corrected chi connectivity index (χ1v) is 9.01. The van der Waals surface area contributed by atoms with Crippen molar-refractivity contribution in [2.45, 2.75) is 13.0 Å². The lowest BCUT2D eigenvalue weighted by molar-refractivity contribution is -0.134. The molecule has 0 bridgehead atoms. The monoisotopic (exact) mass is 395 g/mol. The molecule has 0 fully saturated rings. The molecule has 0 radical (unpaired) electrons. The molecular weight excluding hydrogens is 373 g/mol. The molecule has 0 heterocycles. The predicted molar refractivity (Wildman–Crippen MR) is 110 cm³/mol. The molecule has 29 heavy (non-hydrogen) atoms. The normalized spacial score (nSPS) is 10.5. The lowest BCUT2D eigenvalue weighted by Gasteiger charge is -2.08. The van der Waals surface area contributed by atoms with Gasteiger partial charge in [0.05, 0.1) is 0 Å². The Hall–Kier alpha value is -3.51. The van der Waals surface area contributed by atoms with Gasteiger partial charge in [0.25, 0.3) is 0 Å². The number of carboxylic acid groups (broad SMARTS) is 2. The summed E-state index contributed by atoms with van der Waals surface area (Å²) in [6, 6.07) is 21.4. The first-order chi connectivity index (χ1) is 14.0. The molecule has 0 saturated heterocycles. The van der Waals surface area contributed by atoms with E-state index in [0.717, 1.165) is 30.3 Å². The van der Waals surface area contributed by atoms with Gasteiger partial charge in [-0.15, -0.1) is 0 Å². The zero-order valence-electron chi connectivity index (χ0n) is 15.7. The van der Waals surface area contributed by atoms with E-state index in [4.69, 9.17) is 10.2 Å². The highest BCUT2D eigenvalue weighted by Crippen LogP contribution is 2.20.